The van der Waals surface area contributed by atoms with Gasteiger partial charge in [-0.3, -0.25) is 9.59 Å². The third-order valence-corrected chi connectivity index (χ3v) is 4.87. The van der Waals surface area contributed by atoms with Gasteiger partial charge in [0.1, 0.15) is 0 Å². The zero-order valence-electron chi connectivity index (χ0n) is 15.1. The van der Waals surface area contributed by atoms with Crippen LogP contribution >= 0.6 is 0 Å². The summed E-state index contributed by atoms with van der Waals surface area (Å²) < 4.78 is 28.7. The number of amides is 1. The molecule has 0 aliphatic rings. The van der Waals surface area contributed by atoms with Gasteiger partial charge in [-0.05, 0) is 50.2 Å². The zero-order valence-corrected chi connectivity index (χ0v) is 15.9. The summed E-state index contributed by atoms with van der Waals surface area (Å²) in [6.07, 6.45) is -0.169. The molecular weight excluding hydrogens is 370 g/mol. The lowest BCUT2D eigenvalue weighted by Crippen LogP contribution is -2.30. The van der Waals surface area contributed by atoms with Crippen LogP contribution in [0.5, 0.6) is 0 Å². The van der Waals surface area contributed by atoms with Gasteiger partial charge in [-0.2, -0.15) is 0 Å². The second kappa shape index (κ2) is 8.13. The molecule has 142 valence electrons. The van der Waals surface area contributed by atoms with Crippen LogP contribution in [-0.2, 0) is 19.4 Å². The lowest BCUT2D eigenvalue weighted by Gasteiger charge is -2.15. The number of ketones is 1. The van der Waals surface area contributed by atoms with Crippen molar-refractivity contribution in [2.75, 3.05) is 11.6 Å². The van der Waals surface area contributed by atoms with Crippen molar-refractivity contribution < 1.29 is 27.5 Å². The Morgan fingerprint density at radius 2 is 1.59 bits per heavy atom. The first-order valence-corrected chi connectivity index (χ1v) is 9.90. The maximum atomic E-state index is 12.3. The van der Waals surface area contributed by atoms with Crippen LogP contribution < -0.4 is 5.32 Å². The molecule has 0 saturated carbocycles. The normalized spacial score (nSPS) is 12.1. The van der Waals surface area contributed by atoms with Crippen LogP contribution in [-0.4, -0.2) is 38.4 Å². The fourth-order valence-corrected chi connectivity index (χ4v) is 3.14. The van der Waals surface area contributed by atoms with Crippen molar-refractivity contribution in [1.29, 1.82) is 0 Å². The first kappa shape index (κ1) is 20.3. The van der Waals surface area contributed by atoms with E-state index < -0.39 is 27.8 Å². The summed E-state index contributed by atoms with van der Waals surface area (Å²) in [5.41, 5.74) is 0.805. The Hall–Kier alpha value is -3.00. The van der Waals surface area contributed by atoms with Gasteiger partial charge in [0.25, 0.3) is 5.91 Å². The fraction of sp³-hybridized carbons (Fsp3) is 0.211. The molecular formula is C19H19NO6S. The Labute approximate surface area is 157 Å². The third kappa shape index (κ3) is 5.24. The number of sulfone groups is 1. The second-order valence-electron chi connectivity index (χ2n) is 5.94. The van der Waals surface area contributed by atoms with E-state index in [0.29, 0.717) is 11.3 Å². The van der Waals surface area contributed by atoms with Gasteiger partial charge in [0.05, 0.1) is 10.5 Å². The molecule has 0 unspecified atom stereocenters. The summed E-state index contributed by atoms with van der Waals surface area (Å²) in [4.78, 5) is 35.6. The zero-order chi connectivity index (χ0) is 20.2. The van der Waals surface area contributed by atoms with Gasteiger partial charge in [0, 0.05) is 17.5 Å². The molecule has 1 N–H and O–H groups in total. The maximum absolute atomic E-state index is 12.3. The topological polar surface area (TPSA) is 107 Å². The standard InChI is InChI=1S/C19H19NO6S/c1-12(21)14-8-10-15(11-9-14)20-18(22)13(2)26-19(23)16-6-4-5-7-17(16)27(3,24)25/h4-11,13H,1-3H3,(H,20,22)/t13-/m0/s1. The minimum absolute atomic E-state index is 0.0975. The van der Waals surface area contributed by atoms with Crippen molar-refractivity contribution in [3.63, 3.8) is 0 Å². The van der Waals surface area contributed by atoms with Crippen LogP contribution in [0.2, 0.25) is 0 Å². The molecule has 0 aliphatic carbocycles. The van der Waals surface area contributed by atoms with Gasteiger partial charge in [0.15, 0.2) is 21.7 Å². The van der Waals surface area contributed by atoms with E-state index in [1.807, 2.05) is 0 Å². The summed E-state index contributed by atoms with van der Waals surface area (Å²) in [5, 5.41) is 2.56. The van der Waals surface area contributed by atoms with E-state index >= 15 is 0 Å². The van der Waals surface area contributed by atoms with E-state index in [4.69, 9.17) is 4.74 Å². The number of hydrogen-bond acceptors (Lipinski definition) is 6. The van der Waals surface area contributed by atoms with Crippen molar-refractivity contribution in [2.24, 2.45) is 0 Å². The summed E-state index contributed by atoms with van der Waals surface area (Å²) in [6, 6.07) is 11.9. The Bertz CT molecular complexity index is 980. The molecule has 0 bridgehead atoms. The fourth-order valence-electron chi connectivity index (χ4n) is 2.27. The van der Waals surface area contributed by atoms with Gasteiger partial charge in [-0.15, -0.1) is 0 Å². The van der Waals surface area contributed by atoms with Crippen molar-refractivity contribution in [1.82, 2.24) is 0 Å². The molecule has 0 heterocycles. The number of rotatable bonds is 6. The van der Waals surface area contributed by atoms with Crippen LogP contribution in [0.25, 0.3) is 0 Å². The van der Waals surface area contributed by atoms with Gasteiger partial charge < -0.3 is 10.1 Å². The molecule has 2 aromatic carbocycles. The van der Waals surface area contributed by atoms with E-state index in [-0.39, 0.29) is 16.2 Å². The first-order chi connectivity index (χ1) is 12.6. The van der Waals surface area contributed by atoms with Crippen LogP contribution in [0.4, 0.5) is 5.69 Å². The van der Waals surface area contributed by atoms with Crippen molar-refractivity contribution >= 4 is 33.2 Å². The summed E-state index contributed by atoms with van der Waals surface area (Å²) in [5.74, 6) is -1.60. The molecule has 0 saturated heterocycles. The molecule has 7 nitrogen and oxygen atoms in total. The number of anilines is 1. The van der Waals surface area contributed by atoms with Crippen LogP contribution in [0.3, 0.4) is 0 Å². The lowest BCUT2D eigenvalue weighted by molar-refractivity contribution is -0.123. The van der Waals surface area contributed by atoms with Gasteiger partial charge >= 0.3 is 5.97 Å². The Balaban J connectivity index is 2.08. The van der Waals surface area contributed by atoms with E-state index in [1.165, 1.54) is 38.1 Å². The van der Waals surface area contributed by atoms with E-state index in [1.54, 1.807) is 24.3 Å². The molecule has 1 amide bonds. The van der Waals surface area contributed by atoms with Crippen LogP contribution in [0.15, 0.2) is 53.4 Å². The first-order valence-electron chi connectivity index (χ1n) is 8.01. The predicted octanol–water partition coefficient (Wildman–Crippen LogP) is 2.48. The van der Waals surface area contributed by atoms with E-state index in [2.05, 4.69) is 5.32 Å². The highest BCUT2D eigenvalue weighted by molar-refractivity contribution is 7.90. The Morgan fingerprint density at radius 3 is 2.15 bits per heavy atom. The summed E-state index contributed by atoms with van der Waals surface area (Å²) in [6.45, 7) is 2.81. The molecule has 0 spiro atoms. The summed E-state index contributed by atoms with van der Waals surface area (Å²) >= 11 is 0. The molecule has 0 fully saturated rings. The molecule has 27 heavy (non-hydrogen) atoms. The number of benzene rings is 2. The maximum Gasteiger partial charge on any atom is 0.340 e. The Kier molecular flexibility index (Phi) is 6.12. The minimum atomic E-state index is -3.62. The minimum Gasteiger partial charge on any atom is -0.449 e. The third-order valence-electron chi connectivity index (χ3n) is 3.72. The SMILES string of the molecule is CC(=O)c1ccc(NC(=O)[C@H](C)OC(=O)c2ccccc2S(C)(=O)=O)cc1. The monoisotopic (exact) mass is 389 g/mol. The number of carbonyl (C=O) groups excluding carboxylic acids is 3. The van der Waals surface area contributed by atoms with Crippen molar-refractivity contribution in [3.8, 4) is 0 Å². The highest BCUT2D eigenvalue weighted by atomic mass is 32.2. The molecule has 0 aromatic heterocycles. The molecule has 2 aromatic rings. The number of carbonyl (C=O) groups is 3. The molecule has 2 rings (SSSR count). The number of esters is 1. The largest absolute Gasteiger partial charge is 0.449 e. The molecule has 0 aliphatic heterocycles. The van der Waals surface area contributed by atoms with Crippen LogP contribution in [0.1, 0.15) is 34.6 Å². The van der Waals surface area contributed by atoms with Crippen molar-refractivity contribution in [3.05, 3.63) is 59.7 Å². The number of hydrogen-bond donors (Lipinski definition) is 1. The smallest absolute Gasteiger partial charge is 0.340 e. The number of nitrogens with one attached hydrogen (secondary N) is 1. The van der Waals surface area contributed by atoms with E-state index in [0.717, 1.165) is 6.26 Å². The average molecular weight is 389 g/mol. The molecule has 0 radical (unpaired) electrons. The highest BCUT2D eigenvalue weighted by Gasteiger charge is 2.23. The average Bonchev–Trinajstić information content (AvgIpc) is 2.61. The lowest BCUT2D eigenvalue weighted by atomic mass is 10.1. The highest BCUT2D eigenvalue weighted by Crippen LogP contribution is 2.17. The van der Waals surface area contributed by atoms with Gasteiger partial charge in [0.2, 0.25) is 0 Å². The van der Waals surface area contributed by atoms with Gasteiger partial charge in [-0.1, -0.05) is 12.1 Å². The number of Topliss-reactive ketones (excluding diaryl/α,β-unsaturated/α-hetero) is 1. The predicted molar refractivity (Wildman–Crippen MR) is 99.5 cm³/mol. The van der Waals surface area contributed by atoms with Crippen LogP contribution in [0, 0.1) is 0 Å². The number of ether oxygens (including phenoxy) is 1. The Morgan fingerprint density at radius 1 is 1.00 bits per heavy atom. The summed E-state index contributed by atoms with van der Waals surface area (Å²) in [7, 11) is -3.62. The van der Waals surface area contributed by atoms with E-state index in [9.17, 15) is 22.8 Å². The quantitative estimate of drug-likeness (QED) is 0.601. The van der Waals surface area contributed by atoms with Gasteiger partial charge in [-0.25, -0.2) is 13.2 Å². The van der Waals surface area contributed by atoms with Crippen molar-refractivity contribution in [2.45, 2.75) is 24.8 Å². The second-order valence-corrected chi connectivity index (χ2v) is 7.92. The molecule has 1 atom stereocenters. The molecule has 8 heteroatoms.